The number of carboxylic acid groups (broad SMARTS) is 1. The molecule has 0 fully saturated rings. The summed E-state index contributed by atoms with van der Waals surface area (Å²) in [4.78, 5) is 10.6. The molecule has 8 heteroatoms. The Balaban J connectivity index is 1.96. The molecule has 106 valence electrons. The highest BCUT2D eigenvalue weighted by atomic mass is 35.5. The van der Waals surface area contributed by atoms with Gasteiger partial charge in [-0.25, -0.2) is 0 Å². The van der Waals surface area contributed by atoms with Crippen molar-refractivity contribution in [1.82, 2.24) is 10.2 Å². The number of aromatic nitrogens is 2. The molecule has 0 aliphatic carbocycles. The lowest BCUT2D eigenvalue weighted by molar-refractivity contribution is -0.137. The molecule has 0 saturated heterocycles. The van der Waals surface area contributed by atoms with Crippen LogP contribution in [0.2, 0.25) is 5.02 Å². The van der Waals surface area contributed by atoms with Crippen molar-refractivity contribution in [3.05, 3.63) is 35.2 Å². The van der Waals surface area contributed by atoms with Crippen LogP contribution >= 0.6 is 23.4 Å². The molecular formula is C12H12ClN3O3S. The number of halogens is 1. The minimum Gasteiger partial charge on any atom is -0.480 e. The number of carbonyl (C=O) groups is 1. The zero-order valence-electron chi connectivity index (χ0n) is 10.3. The second kappa shape index (κ2) is 6.74. The van der Waals surface area contributed by atoms with Crippen molar-refractivity contribution in [2.45, 2.75) is 11.8 Å². The number of benzene rings is 1. The van der Waals surface area contributed by atoms with Gasteiger partial charge in [-0.05, 0) is 12.1 Å². The summed E-state index contributed by atoms with van der Waals surface area (Å²) in [5, 5.41) is 17.0. The van der Waals surface area contributed by atoms with Crippen molar-refractivity contribution in [2.24, 2.45) is 5.73 Å². The van der Waals surface area contributed by atoms with Crippen molar-refractivity contribution in [3.8, 4) is 11.5 Å². The van der Waals surface area contributed by atoms with Gasteiger partial charge in [-0.15, -0.1) is 22.0 Å². The van der Waals surface area contributed by atoms with Crippen LogP contribution in [0.25, 0.3) is 11.5 Å². The molecule has 0 aliphatic rings. The molecule has 0 spiro atoms. The van der Waals surface area contributed by atoms with E-state index >= 15 is 0 Å². The number of carboxylic acids is 1. The van der Waals surface area contributed by atoms with Gasteiger partial charge < -0.3 is 15.3 Å². The van der Waals surface area contributed by atoms with E-state index in [-0.39, 0.29) is 5.75 Å². The second-order valence-corrected chi connectivity index (χ2v) is 5.38. The maximum atomic E-state index is 10.6. The smallest absolute Gasteiger partial charge is 0.321 e. The molecule has 1 heterocycles. The predicted molar refractivity (Wildman–Crippen MR) is 76.5 cm³/mol. The molecule has 2 rings (SSSR count). The van der Waals surface area contributed by atoms with Crippen LogP contribution in [0.4, 0.5) is 0 Å². The third-order valence-corrected chi connectivity index (χ3v) is 3.79. The first-order chi connectivity index (χ1) is 9.58. The highest BCUT2D eigenvalue weighted by Gasteiger charge is 2.14. The Kier molecular flexibility index (Phi) is 4.99. The van der Waals surface area contributed by atoms with Crippen molar-refractivity contribution < 1.29 is 14.3 Å². The summed E-state index contributed by atoms with van der Waals surface area (Å²) >= 11 is 7.35. The Morgan fingerprint density at radius 1 is 1.45 bits per heavy atom. The summed E-state index contributed by atoms with van der Waals surface area (Å²) in [5.41, 5.74) is 6.06. The number of hydrogen-bond acceptors (Lipinski definition) is 6. The minimum atomic E-state index is -1.03. The van der Waals surface area contributed by atoms with Gasteiger partial charge in [0.25, 0.3) is 0 Å². The SMILES string of the molecule is N[C@@H](CSCc1nnc(-c2ccccc2Cl)o1)C(=O)O. The average molecular weight is 314 g/mol. The number of rotatable bonds is 6. The first kappa shape index (κ1) is 14.8. The van der Waals surface area contributed by atoms with Crippen LogP contribution in [0.1, 0.15) is 5.89 Å². The van der Waals surface area contributed by atoms with Crippen molar-refractivity contribution in [2.75, 3.05) is 5.75 Å². The van der Waals surface area contributed by atoms with Gasteiger partial charge >= 0.3 is 5.97 Å². The molecule has 0 bridgehead atoms. The highest BCUT2D eigenvalue weighted by molar-refractivity contribution is 7.98. The number of thioether (sulfide) groups is 1. The van der Waals surface area contributed by atoms with E-state index in [1.165, 1.54) is 11.8 Å². The van der Waals surface area contributed by atoms with E-state index in [4.69, 9.17) is 26.9 Å². The molecule has 2 aromatic rings. The Bertz CT molecular complexity index is 605. The lowest BCUT2D eigenvalue weighted by Gasteiger charge is -2.03. The van der Waals surface area contributed by atoms with E-state index in [9.17, 15) is 4.79 Å². The minimum absolute atomic E-state index is 0.277. The van der Waals surface area contributed by atoms with E-state index < -0.39 is 12.0 Å². The van der Waals surface area contributed by atoms with Crippen LogP contribution in [0, 0.1) is 0 Å². The molecule has 0 amide bonds. The van der Waals surface area contributed by atoms with Crippen LogP contribution in [-0.4, -0.2) is 33.1 Å². The first-order valence-electron chi connectivity index (χ1n) is 5.71. The summed E-state index contributed by atoms with van der Waals surface area (Å²) < 4.78 is 5.48. The normalized spacial score (nSPS) is 12.3. The molecule has 0 radical (unpaired) electrons. The van der Waals surface area contributed by atoms with Crippen molar-refractivity contribution in [1.29, 1.82) is 0 Å². The Morgan fingerprint density at radius 2 is 2.20 bits per heavy atom. The number of hydrogen-bond donors (Lipinski definition) is 2. The third-order valence-electron chi connectivity index (χ3n) is 2.41. The Hall–Kier alpha value is -1.57. The van der Waals surface area contributed by atoms with Gasteiger partial charge in [-0.2, -0.15) is 0 Å². The van der Waals surface area contributed by atoms with E-state index in [0.717, 1.165) is 0 Å². The lowest BCUT2D eigenvalue weighted by atomic mass is 10.2. The monoisotopic (exact) mass is 313 g/mol. The van der Waals surface area contributed by atoms with Gasteiger partial charge in [-0.1, -0.05) is 23.7 Å². The van der Waals surface area contributed by atoms with Gasteiger partial charge in [0, 0.05) is 5.75 Å². The van der Waals surface area contributed by atoms with Gasteiger partial charge in [0.05, 0.1) is 16.3 Å². The molecule has 1 atom stereocenters. The van der Waals surface area contributed by atoms with Crippen LogP contribution in [-0.2, 0) is 10.5 Å². The fourth-order valence-corrected chi connectivity index (χ4v) is 2.42. The van der Waals surface area contributed by atoms with Crippen molar-refractivity contribution in [3.63, 3.8) is 0 Å². The highest BCUT2D eigenvalue weighted by Crippen LogP contribution is 2.26. The number of nitrogens with two attached hydrogens (primary N) is 1. The standard InChI is InChI=1S/C12H12ClN3O3S/c13-8-4-2-1-3-7(8)11-16-15-10(19-11)6-20-5-9(14)12(17)18/h1-4,9H,5-6,14H2,(H,17,18)/t9-/m0/s1. The van der Waals surface area contributed by atoms with Crippen LogP contribution in [0.3, 0.4) is 0 Å². The lowest BCUT2D eigenvalue weighted by Crippen LogP contribution is -2.32. The van der Waals surface area contributed by atoms with Crippen LogP contribution in [0.15, 0.2) is 28.7 Å². The molecule has 3 N–H and O–H groups in total. The third kappa shape index (κ3) is 3.72. The molecular weight excluding hydrogens is 302 g/mol. The summed E-state index contributed by atoms with van der Waals surface area (Å²) in [7, 11) is 0. The zero-order chi connectivity index (χ0) is 14.5. The number of aliphatic carboxylic acids is 1. The van der Waals surface area contributed by atoms with Crippen LogP contribution in [0.5, 0.6) is 0 Å². The molecule has 0 aliphatic heterocycles. The Morgan fingerprint density at radius 3 is 2.90 bits per heavy atom. The van der Waals surface area contributed by atoms with Gasteiger partial charge in [0.2, 0.25) is 11.8 Å². The zero-order valence-corrected chi connectivity index (χ0v) is 11.9. The van der Waals surface area contributed by atoms with E-state index in [1.807, 2.05) is 12.1 Å². The summed E-state index contributed by atoms with van der Waals surface area (Å²) in [6, 6.07) is 6.26. The summed E-state index contributed by atoms with van der Waals surface area (Å²) in [6.07, 6.45) is 0. The quantitative estimate of drug-likeness (QED) is 0.841. The molecule has 0 unspecified atom stereocenters. The second-order valence-electron chi connectivity index (χ2n) is 3.94. The maximum absolute atomic E-state index is 10.6. The molecule has 0 saturated carbocycles. The summed E-state index contributed by atoms with van der Waals surface area (Å²) in [5.74, 6) is 0.397. The number of nitrogens with zero attached hydrogens (tertiary/aromatic N) is 2. The van der Waals surface area contributed by atoms with Crippen LogP contribution < -0.4 is 5.73 Å². The van der Waals surface area contributed by atoms with Gasteiger partial charge in [0.1, 0.15) is 6.04 Å². The fourth-order valence-electron chi connectivity index (χ4n) is 1.40. The topological polar surface area (TPSA) is 102 Å². The van der Waals surface area contributed by atoms with E-state index in [0.29, 0.717) is 28.1 Å². The van der Waals surface area contributed by atoms with Gasteiger partial charge in [0.15, 0.2) is 0 Å². The molecule has 1 aromatic carbocycles. The maximum Gasteiger partial charge on any atom is 0.321 e. The molecule has 6 nitrogen and oxygen atoms in total. The van der Waals surface area contributed by atoms with E-state index in [1.54, 1.807) is 12.1 Å². The van der Waals surface area contributed by atoms with E-state index in [2.05, 4.69) is 10.2 Å². The fraction of sp³-hybridized carbons (Fsp3) is 0.250. The van der Waals surface area contributed by atoms with Gasteiger partial charge in [-0.3, -0.25) is 4.79 Å². The first-order valence-corrected chi connectivity index (χ1v) is 7.24. The summed E-state index contributed by atoms with van der Waals surface area (Å²) in [6.45, 7) is 0. The van der Waals surface area contributed by atoms with Crippen molar-refractivity contribution >= 4 is 29.3 Å². The largest absolute Gasteiger partial charge is 0.480 e. The Labute approximate surface area is 124 Å². The molecule has 1 aromatic heterocycles. The average Bonchev–Trinajstić information content (AvgIpc) is 2.87. The predicted octanol–water partition coefficient (Wildman–Crippen LogP) is 2.04. The molecule has 20 heavy (non-hydrogen) atoms.